The first kappa shape index (κ1) is 27.2. The lowest BCUT2D eigenvalue weighted by Gasteiger charge is -2.18. The molecule has 0 bridgehead atoms. The predicted molar refractivity (Wildman–Crippen MR) is 147 cm³/mol. The number of esters is 1. The van der Waals surface area contributed by atoms with Gasteiger partial charge in [-0.3, -0.25) is 9.36 Å². The molecular formula is C26H29ClN4O4S2. The first-order valence-electron chi connectivity index (χ1n) is 11.9. The average molecular weight is 561 g/mol. The minimum Gasteiger partial charge on any atom is -0.484 e. The van der Waals surface area contributed by atoms with E-state index in [-0.39, 0.29) is 18.3 Å². The second kappa shape index (κ2) is 12.1. The van der Waals surface area contributed by atoms with E-state index < -0.39 is 5.97 Å². The summed E-state index contributed by atoms with van der Waals surface area (Å²) in [4.78, 5) is 26.5. The topological polar surface area (TPSA) is 95.3 Å². The number of nitrogens with one attached hydrogen (secondary N) is 1. The van der Waals surface area contributed by atoms with Crippen LogP contribution in [-0.4, -0.2) is 39.5 Å². The van der Waals surface area contributed by atoms with Crippen molar-refractivity contribution in [3.63, 3.8) is 0 Å². The van der Waals surface area contributed by atoms with Gasteiger partial charge in [0.2, 0.25) is 5.91 Å². The Balaban J connectivity index is 1.44. The number of ether oxygens (including phenoxy) is 2. The molecule has 0 fully saturated rings. The maximum atomic E-state index is 12.9. The van der Waals surface area contributed by atoms with E-state index in [4.69, 9.17) is 21.1 Å². The fourth-order valence-electron chi connectivity index (χ4n) is 4.16. The van der Waals surface area contributed by atoms with E-state index >= 15 is 0 Å². The number of thiophene rings is 1. The number of amides is 1. The van der Waals surface area contributed by atoms with Crippen molar-refractivity contribution in [3.8, 4) is 5.75 Å². The van der Waals surface area contributed by atoms with Crippen LogP contribution in [0.25, 0.3) is 0 Å². The van der Waals surface area contributed by atoms with E-state index in [1.54, 1.807) is 12.1 Å². The van der Waals surface area contributed by atoms with Gasteiger partial charge >= 0.3 is 5.97 Å². The Bertz CT molecular complexity index is 1320. The number of rotatable bonds is 10. The zero-order valence-corrected chi connectivity index (χ0v) is 23.4. The Morgan fingerprint density at radius 2 is 2.19 bits per heavy atom. The summed E-state index contributed by atoms with van der Waals surface area (Å²) in [5.41, 5.74) is 2.52. The number of aromatic nitrogens is 3. The molecule has 1 atom stereocenters. The molecule has 1 N–H and O–H groups in total. The molecule has 196 valence electrons. The molecule has 0 radical (unpaired) electrons. The van der Waals surface area contributed by atoms with Gasteiger partial charge in [-0.05, 0) is 55.4 Å². The summed E-state index contributed by atoms with van der Waals surface area (Å²) in [7, 11) is 1.36. The molecule has 4 rings (SSSR count). The summed E-state index contributed by atoms with van der Waals surface area (Å²) in [5.74, 6) is 1.15. The van der Waals surface area contributed by atoms with Crippen molar-refractivity contribution >= 4 is 51.6 Å². The van der Waals surface area contributed by atoms with E-state index in [1.165, 1.54) is 30.2 Å². The lowest BCUT2D eigenvalue weighted by Crippen LogP contribution is -2.17. The van der Waals surface area contributed by atoms with Crippen molar-refractivity contribution in [2.75, 3.05) is 18.2 Å². The van der Waals surface area contributed by atoms with Gasteiger partial charge in [-0.15, -0.1) is 28.1 Å². The van der Waals surface area contributed by atoms with Gasteiger partial charge in [-0.2, -0.15) is 0 Å². The van der Waals surface area contributed by atoms with Crippen LogP contribution in [0.5, 0.6) is 5.75 Å². The van der Waals surface area contributed by atoms with Crippen molar-refractivity contribution < 1.29 is 19.1 Å². The molecule has 8 nitrogen and oxygen atoms in total. The van der Waals surface area contributed by atoms with Crippen LogP contribution in [0.4, 0.5) is 5.00 Å². The molecule has 3 aromatic rings. The number of hydrogen-bond acceptors (Lipinski definition) is 8. The number of aryl methyl sites for hydroxylation is 1. The monoisotopic (exact) mass is 560 g/mol. The number of allylic oxidation sites excluding steroid dienone is 1. The number of carbonyl (C=O) groups excluding carboxylic acids is 2. The van der Waals surface area contributed by atoms with Gasteiger partial charge in [-0.25, -0.2) is 4.79 Å². The third-order valence-corrected chi connectivity index (χ3v) is 8.48. The zero-order valence-electron chi connectivity index (χ0n) is 21.0. The highest BCUT2D eigenvalue weighted by Crippen LogP contribution is 2.40. The number of nitrogens with zero attached hydrogens (tertiary/aromatic N) is 3. The van der Waals surface area contributed by atoms with Gasteiger partial charge in [-0.1, -0.05) is 42.4 Å². The number of anilines is 1. The molecule has 1 aromatic carbocycles. The molecule has 2 aromatic heterocycles. The Morgan fingerprint density at radius 3 is 2.95 bits per heavy atom. The molecule has 1 amide bonds. The van der Waals surface area contributed by atoms with Crippen LogP contribution in [-0.2, 0) is 35.5 Å². The van der Waals surface area contributed by atoms with E-state index in [0.29, 0.717) is 44.8 Å². The molecule has 1 unspecified atom stereocenters. The van der Waals surface area contributed by atoms with Crippen LogP contribution in [0.1, 0.15) is 45.5 Å². The second-order valence-electron chi connectivity index (χ2n) is 8.90. The fourth-order valence-corrected chi connectivity index (χ4v) is 6.51. The second-order valence-corrected chi connectivity index (χ2v) is 11.4. The first-order valence-corrected chi connectivity index (χ1v) is 14.1. The van der Waals surface area contributed by atoms with E-state index in [2.05, 4.69) is 29.0 Å². The van der Waals surface area contributed by atoms with Crippen molar-refractivity contribution in [2.45, 2.75) is 51.4 Å². The first-order chi connectivity index (χ1) is 17.8. The van der Waals surface area contributed by atoms with Crippen LogP contribution in [0.3, 0.4) is 0 Å². The normalized spacial score (nSPS) is 14.6. The maximum Gasteiger partial charge on any atom is 0.341 e. The quantitative estimate of drug-likeness (QED) is 0.193. The minimum absolute atomic E-state index is 0.0967. The zero-order chi connectivity index (χ0) is 26.5. The Hall–Kier alpha value is -2.82. The number of thioether (sulfide) groups is 1. The van der Waals surface area contributed by atoms with Gasteiger partial charge in [0.25, 0.3) is 0 Å². The highest BCUT2D eigenvalue weighted by atomic mass is 35.5. The van der Waals surface area contributed by atoms with Gasteiger partial charge in [0.05, 0.1) is 23.4 Å². The van der Waals surface area contributed by atoms with E-state index in [9.17, 15) is 9.59 Å². The number of benzene rings is 1. The van der Waals surface area contributed by atoms with Crippen molar-refractivity contribution in [1.82, 2.24) is 14.8 Å². The number of fused-ring (bicyclic) bond motifs is 1. The molecule has 2 heterocycles. The maximum absolute atomic E-state index is 12.9. The third-order valence-electron chi connectivity index (χ3n) is 6.04. The lowest BCUT2D eigenvalue weighted by atomic mass is 9.88. The number of halogens is 1. The summed E-state index contributed by atoms with van der Waals surface area (Å²) in [6, 6.07) is 5.56. The summed E-state index contributed by atoms with van der Waals surface area (Å²) >= 11 is 8.96. The average Bonchev–Trinajstić information content (AvgIpc) is 3.42. The molecule has 0 saturated carbocycles. The molecule has 1 aliphatic rings. The van der Waals surface area contributed by atoms with Gasteiger partial charge in [0.1, 0.15) is 17.4 Å². The predicted octanol–water partition coefficient (Wildman–Crippen LogP) is 5.71. The van der Waals surface area contributed by atoms with Crippen molar-refractivity contribution in [3.05, 3.63) is 63.3 Å². The summed E-state index contributed by atoms with van der Waals surface area (Å²) in [6.45, 7) is 8.60. The summed E-state index contributed by atoms with van der Waals surface area (Å²) in [5, 5.41) is 13.1. The van der Waals surface area contributed by atoms with Gasteiger partial charge in [0.15, 0.2) is 11.0 Å². The number of methoxy groups -OCH3 is 1. The van der Waals surface area contributed by atoms with Crippen LogP contribution < -0.4 is 10.1 Å². The largest absolute Gasteiger partial charge is 0.484 e. The lowest BCUT2D eigenvalue weighted by molar-refractivity contribution is -0.113. The van der Waals surface area contributed by atoms with E-state index in [0.717, 1.165) is 35.3 Å². The Morgan fingerprint density at radius 1 is 1.38 bits per heavy atom. The molecule has 1 aliphatic carbocycles. The van der Waals surface area contributed by atoms with E-state index in [1.807, 2.05) is 23.6 Å². The SMILES string of the molecule is C=CCn1c(COc2cc(C)ccc2Cl)nnc1SCC(=O)Nc1sc2c(c1C(=O)OC)CCC(C)C2. The molecule has 0 saturated heterocycles. The van der Waals surface area contributed by atoms with Gasteiger partial charge in [0, 0.05) is 11.4 Å². The highest BCUT2D eigenvalue weighted by molar-refractivity contribution is 7.99. The summed E-state index contributed by atoms with van der Waals surface area (Å²) in [6.07, 6.45) is 4.46. The highest BCUT2D eigenvalue weighted by Gasteiger charge is 2.29. The van der Waals surface area contributed by atoms with Crippen molar-refractivity contribution in [2.24, 2.45) is 5.92 Å². The number of carbonyl (C=O) groups is 2. The third kappa shape index (κ3) is 6.37. The number of hydrogen-bond donors (Lipinski definition) is 1. The van der Waals surface area contributed by atoms with Crippen LogP contribution in [0.2, 0.25) is 5.02 Å². The Kier molecular flexibility index (Phi) is 8.94. The Labute approximate surface area is 229 Å². The van der Waals surface area contributed by atoms with Crippen LogP contribution in [0.15, 0.2) is 36.0 Å². The molecule has 0 spiro atoms. The molecule has 0 aliphatic heterocycles. The smallest absolute Gasteiger partial charge is 0.341 e. The molecule has 37 heavy (non-hydrogen) atoms. The van der Waals surface area contributed by atoms with Crippen LogP contribution >= 0.6 is 34.7 Å². The fraction of sp³-hybridized carbons (Fsp3) is 0.385. The minimum atomic E-state index is -0.418. The van der Waals surface area contributed by atoms with Crippen molar-refractivity contribution in [1.29, 1.82) is 0 Å². The standard InChI is InChI=1S/C26H29ClN4O4S2/c1-5-10-31-21(13-35-19-11-15(2)7-9-18(19)27)29-30-26(31)36-14-22(32)28-24-23(25(33)34-4)17-8-6-16(3)12-20(17)37-24/h5,7,9,11,16H,1,6,8,10,12-14H2,2-4H3,(H,28,32). The van der Waals surface area contributed by atoms with Crippen LogP contribution in [0, 0.1) is 12.8 Å². The summed E-state index contributed by atoms with van der Waals surface area (Å²) < 4.78 is 12.7. The van der Waals surface area contributed by atoms with Gasteiger partial charge < -0.3 is 14.8 Å². The molecular weight excluding hydrogens is 532 g/mol. The molecule has 11 heteroatoms.